The summed E-state index contributed by atoms with van der Waals surface area (Å²) in [4.78, 5) is 24.7. The Morgan fingerprint density at radius 1 is 1.23 bits per heavy atom. The van der Waals surface area contributed by atoms with E-state index >= 15 is 0 Å². The first-order valence-electron chi connectivity index (χ1n) is 7.73. The zero-order valence-electron chi connectivity index (χ0n) is 12.7. The second kappa shape index (κ2) is 7.23. The number of carbonyl (C=O) groups excluding carboxylic acids is 2. The molecule has 3 nitrogen and oxygen atoms in total. The summed E-state index contributed by atoms with van der Waals surface area (Å²) in [7, 11) is 0. The summed E-state index contributed by atoms with van der Waals surface area (Å²) in [5, 5.41) is 0.0522. The zero-order valence-corrected chi connectivity index (χ0v) is 13.5. The maximum Gasteiger partial charge on any atom is 0.391 e. The molecule has 0 bridgehead atoms. The molecule has 0 radical (unpaired) electrons. The van der Waals surface area contributed by atoms with E-state index in [-0.39, 0.29) is 35.7 Å². The number of likely N-dealkylation sites (tertiary alicyclic amines) is 1. The minimum Gasteiger partial charge on any atom is -0.342 e. The first-order valence-corrected chi connectivity index (χ1v) is 8.72. The number of amides is 1. The van der Waals surface area contributed by atoms with Gasteiger partial charge >= 0.3 is 6.18 Å². The molecule has 2 aliphatic rings. The summed E-state index contributed by atoms with van der Waals surface area (Å²) in [5.41, 5.74) is 0. The van der Waals surface area contributed by atoms with Crippen molar-refractivity contribution in [3.63, 3.8) is 0 Å². The van der Waals surface area contributed by atoms with Crippen molar-refractivity contribution in [2.45, 2.75) is 45.2 Å². The SMILES string of the molecule is CC(=O)SCC1CC(=O)N(CC2CCC(C(F)(F)F)CC2)C1. The number of hydrogen-bond donors (Lipinski definition) is 0. The lowest BCUT2D eigenvalue weighted by Crippen LogP contribution is -2.35. The Morgan fingerprint density at radius 3 is 2.41 bits per heavy atom. The number of nitrogens with zero attached hydrogens (tertiary/aromatic N) is 1. The van der Waals surface area contributed by atoms with Crippen LogP contribution >= 0.6 is 11.8 Å². The molecular weight excluding hydrogens is 315 g/mol. The number of carbonyl (C=O) groups is 2. The molecule has 0 N–H and O–H groups in total. The van der Waals surface area contributed by atoms with Gasteiger partial charge in [-0.2, -0.15) is 13.2 Å². The molecule has 7 heteroatoms. The van der Waals surface area contributed by atoms with Crippen molar-refractivity contribution in [1.29, 1.82) is 0 Å². The fourth-order valence-corrected chi connectivity index (χ4v) is 4.05. The van der Waals surface area contributed by atoms with E-state index in [2.05, 4.69) is 0 Å². The van der Waals surface area contributed by atoms with E-state index in [0.29, 0.717) is 38.1 Å². The Labute approximate surface area is 133 Å². The molecule has 1 unspecified atom stereocenters. The first kappa shape index (κ1) is 17.6. The Morgan fingerprint density at radius 2 is 1.86 bits per heavy atom. The van der Waals surface area contributed by atoms with E-state index in [9.17, 15) is 22.8 Å². The highest BCUT2D eigenvalue weighted by Crippen LogP contribution is 2.40. The van der Waals surface area contributed by atoms with Crippen LogP contribution in [-0.4, -0.2) is 40.9 Å². The van der Waals surface area contributed by atoms with Gasteiger partial charge in [0, 0.05) is 32.2 Å². The predicted molar refractivity (Wildman–Crippen MR) is 79.3 cm³/mol. The Hall–Kier alpha value is -0.720. The van der Waals surface area contributed by atoms with Crippen LogP contribution in [0.5, 0.6) is 0 Å². The summed E-state index contributed by atoms with van der Waals surface area (Å²) in [6.45, 7) is 2.72. The molecular formula is C15H22F3NO2S. The number of hydrogen-bond acceptors (Lipinski definition) is 3. The maximum atomic E-state index is 12.6. The summed E-state index contributed by atoms with van der Waals surface area (Å²) in [5.74, 6) is -0.0715. The number of rotatable bonds is 4. The van der Waals surface area contributed by atoms with Crippen LogP contribution in [0.15, 0.2) is 0 Å². The van der Waals surface area contributed by atoms with Gasteiger partial charge in [-0.05, 0) is 37.5 Å². The van der Waals surface area contributed by atoms with Gasteiger partial charge in [-0.1, -0.05) is 11.8 Å². The van der Waals surface area contributed by atoms with Gasteiger partial charge in [-0.25, -0.2) is 0 Å². The Kier molecular flexibility index (Phi) is 5.80. The van der Waals surface area contributed by atoms with Gasteiger partial charge in [0.25, 0.3) is 0 Å². The smallest absolute Gasteiger partial charge is 0.342 e. The first-order chi connectivity index (χ1) is 10.3. The molecule has 2 fully saturated rings. The largest absolute Gasteiger partial charge is 0.391 e. The summed E-state index contributed by atoms with van der Waals surface area (Å²) >= 11 is 1.24. The van der Waals surface area contributed by atoms with E-state index in [1.54, 1.807) is 4.90 Å². The standard InChI is InChI=1S/C15H22F3NO2S/c1-10(20)22-9-12-6-14(21)19(8-12)7-11-2-4-13(5-3-11)15(16,17)18/h11-13H,2-9H2,1H3. The van der Waals surface area contributed by atoms with Gasteiger partial charge in [-0.15, -0.1) is 0 Å². The number of halogens is 3. The van der Waals surface area contributed by atoms with Crippen LogP contribution in [-0.2, 0) is 9.59 Å². The molecule has 0 aromatic heterocycles. The third-order valence-corrected chi connectivity index (χ3v) is 5.65. The lowest BCUT2D eigenvalue weighted by atomic mass is 9.81. The maximum absolute atomic E-state index is 12.6. The minimum atomic E-state index is -4.08. The Balaban J connectivity index is 1.75. The molecule has 1 saturated carbocycles. The average Bonchev–Trinajstić information content (AvgIpc) is 2.77. The van der Waals surface area contributed by atoms with Crippen molar-refractivity contribution in [2.75, 3.05) is 18.8 Å². The minimum absolute atomic E-state index is 0.0522. The molecule has 1 aliphatic heterocycles. The molecule has 0 aromatic rings. The lowest BCUT2D eigenvalue weighted by Gasteiger charge is -2.32. The zero-order chi connectivity index (χ0) is 16.3. The fourth-order valence-electron chi connectivity index (χ4n) is 3.36. The van der Waals surface area contributed by atoms with E-state index in [0.717, 1.165) is 0 Å². The lowest BCUT2D eigenvalue weighted by molar-refractivity contribution is -0.184. The van der Waals surface area contributed by atoms with Crippen LogP contribution in [0.4, 0.5) is 13.2 Å². The number of thioether (sulfide) groups is 1. The highest BCUT2D eigenvalue weighted by atomic mass is 32.2. The second-order valence-corrected chi connectivity index (χ2v) is 7.63. The van der Waals surface area contributed by atoms with Crippen molar-refractivity contribution >= 4 is 22.8 Å². The summed E-state index contributed by atoms with van der Waals surface area (Å²) in [6.07, 6.45) is -2.18. The summed E-state index contributed by atoms with van der Waals surface area (Å²) < 4.78 is 37.9. The molecule has 1 saturated heterocycles. The molecule has 0 aromatic carbocycles. The summed E-state index contributed by atoms with van der Waals surface area (Å²) in [6, 6.07) is 0. The van der Waals surface area contributed by atoms with E-state index in [1.807, 2.05) is 0 Å². The Bertz CT molecular complexity index is 420. The van der Waals surface area contributed by atoms with Gasteiger partial charge in [0.15, 0.2) is 5.12 Å². The quantitative estimate of drug-likeness (QED) is 0.788. The van der Waals surface area contributed by atoms with Crippen molar-refractivity contribution in [3.05, 3.63) is 0 Å². The average molecular weight is 337 g/mol. The van der Waals surface area contributed by atoms with Gasteiger partial charge in [0.1, 0.15) is 0 Å². The molecule has 1 atom stereocenters. The van der Waals surface area contributed by atoms with Crippen molar-refractivity contribution < 1.29 is 22.8 Å². The molecule has 1 amide bonds. The third kappa shape index (κ3) is 4.89. The van der Waals surface area contributed by atoms with Crippen LogP contribution in [0, 0.1) is 17.8 Å². The molecule has 126 valence electrons. The van der Waals surface area contributed by atoms with Crippen LogP contribution < -0.4 is 0 Å². The normalized spacial score (nSPS) is 29.9. The molecule has 22 heavy (non-hydrogen) atoms. The van der Waals surface area contributed by atoms with E-state index in [4.69, 9.17) is 0 Å². The molecule has 0 spiro atoms. The van der Waals surface area contributed by atoms with Crippen molar-refractivity contribution in [3.8, 4) is 0 Å². The molecule has 1 aliphatic carbocycles. The van der Waals surface area contributed by atoms with Gasteiger partial charge in [0.05, 0.1) is 5.92 Å². The topological polar surface area (TPSA) is 37.4 Å². The monoisotopic (exact) mass is 337 g/mol. The van der Waals surface area contributed by atoms with Crippen molar-refractivity contribution in [2.24, 2.45) is 17.8 Å². The van der Waals surface area contributed by atoms with Gasteiger partial charge < -0.3 is 4.90 Å². The predicted octanol–water partition coefficient (Wildman–Crippen LogP) is 3.48. The van der Waals surface area contributed by atoms with Crippen LogP contribution in [0.2, 0.25) is 0 Å². The van der Waals surface area contributed by atoms with Crippen LogP contribution in [0.3, 0.4) is 0 Å². The van der Waals surface area contributed by atoms with Gasteiger partial charge in [0.2, 0.25) is 5.91 Å². The highest BCUT2D eigenvalue weighted by Gasteiger charge is 2.42. The van der Waals surface area contributed by atoms with Crippen LogP contribution in [0.1, 0.15) is 39.0 Å². The number of alkyl halides is 3. The highest BCUT2D eigenvalue weighted by molar-refractivity contribution is 8.13. The van der Waals surface area contributed by atoms with Crippen molar-refractivity contribution in [1.82, 2.24) is 4.90 Å². The third-order valence-electron chi connectivity index (χ3n) is 4.61. The molecule has 1 heterocycles. The fraction of sp³-hybridized carbons (Fsp3) is 0.867. The van der Waals surface area contributed by atoms with E-state index in [1.165, 1.54) is 18.7 Å². The molecule has 2 rings (SSSR count). The van der Waals surface area contributed by atoms with E-state index < -0.39 is 12.1 Å². The van der Waals surface area contributed by atoms with Crippen LogP contribution in [0.25, 0.3) is 0 Å². The van der Waals surface area contributed by atoms with Gasteiger partial charge in [-0.3, -0.25) is 9.59 Å². The second-order valence-electron chi connectivity index (χ2n) is 6.43.